The van der Waals surface area contributed by atoms with Gasteiger partial charge in [0.2, 0.25) is 0 Å². The molecule has 0 aliphatic heterocycles. The van der Waals surface area contributed by atoms with Crippen LogP contribution in [0.5, 0.6) is 0 Å². The summed E-state index contributed by atoms with van der Waals surface area (Å²) >= 11 is 7.37. The van der Waals surface area contributed by atoms with Crippen LogP contribution >= 0.6 is 23.1 Å². The molecule has 0 spiro atoms. The molecule has 0 aliphatic rings. The molecule has 2 nitrogen and oxygen atoms in total. The van der Waals surface area contributed by atoms with Crippen molar-refractivity contribution in [2.24, 2.45) is 0 Å². The molecule has 0 saturated heterocycles. The number of anilines is 1. The SMILES string of the molecule is CC(C)N(CCCCl)c1snc2ccccc12. The summed E-state index contributed by atoms with van der Waals surface area (Å²) in [6, 6.07) is 8.78. The fraction of sp³-hybridized carbons (Fsp3) is 0.462. The Balaban J connectivity index is 2.34. The maximum atomic E-state index is 5.79. The highest BCUT2D eigenvalue weighted by Crippen LogP contribution is 2.32. The largest absolute Gasteiger partial charge is 0.359 e. The second-order valence-electron chi connectivity index (χ2n) is 4.33. The van der Waals surface area contributed by atoms with Crippen LogP contribution in [0, 0.1) is 0 Å². The summed E-state index contributed by atoms with van der Waals surface area (Å²) in [7, 11) is 0. The molecule has 0 aliphatic carbocycles. The highest BCUT2D eigenvalue weighted by atomic mass is 35.5. The minimum atomic E-state index is 0.474. The zero-order valence-corrected chi connectivity index (χ0v) is 11.8. The second-order valence-corrected chi connectivity index (χ2v) is 5.46. The molecule has 1 aromatic carbocycles. The lowest BCUT2D eigenvalue weighted by atomic mass is 10.2. The van der Waals surface area contributed by atoms with Gasteiger partial charge in [-0.1, -0.05) is 12.1 Å². The van der Waals surface area contributed by atoms with Crippen molar-refractivity contribution >= 4 is 39.0 Å². The molecule has 2 aromatic rings. The highest BCUT2D eigenvalue weighted by molar-refractivity contribution is 7.11. The van der Waals surface area contributed by atoms with Gasteiger partial charge < -0.3 is 4.90 Å². The number of nitrogens with zero attached hydrogens (tertiary/aromatic N) is 2. The first kappa shape index (κ1) is 12.7. The lowest BCUT2D eigenvalue weighted by Gasteiger charge is -2.27. The van der Waals surface area contributed by atoms with Crippen LogP contribution in [-0.2, 0) is 0 Å². The molecule has 0 N–H and O–H groups in total. The predicted molar refractivity (Wildman–Crippen MR) is 77.4 cm³/mol. The van der Waals surface area contributed by atoms with Crippen molar-refractivity contribution in [3.8, 4) is 0 Å². The highest BCUT2D eigenvalue weighted by Gasteiger charge is 2.15. The minimum absolute atomic E-state index is 0.474. The summed E-state index contributed by atoms with van der Waals surface area (Å²) in [5.41, 5.74) is 1.09. The molecule has 0 saturated carbocycles. The average Bonchev–Trinajstić information content (AvgIpc) is 2.73. The van der Waals surface area contributed by atoms with E-state index in [1.165, 1.54) is 10.4 Å². The van der Waals surface area contributed by atoms with Crippen LogP contribution in [0.15, 0.2) is 24.3 Å². The van der Waals surface area contributed by atoms with Crippen molar-refractivity contribution in [3.05, 3.63) is 24.3 Å². The molecule has 17 heavy (non-hydrogen) atoms. The van der Waals surface area contributed by atoms with Gasteiger partial charge in [-0.25, -0.2) is 0 Å². The summed E-state index contributed by atoms with van der Waals surface area (Å²) in [5, 5.41) is 2.52. The number of benzene rings is 1. The van der Waals surface area contributed by atoms with Crippen molar-refractivity contribution in [1.29, 1.82) is 0 Å². The Morgan fingerprint density at radius 2 is 2.12 bits per heavy atom. The third-order valence-electron chi connectivity index (χ3n) is 2.78. The number of hydrogen-bond donors (Lipinski definition) is 0. The Morgan fingerprint density at radius 3 is 2.82 bits per heavy atom. The molecule has 0 radical (unpaired) electrons. The maximum absolute atomic E-state index is 5.79. The van der Waals surface area contributed by atoms with Crippen LogP contribution in [-0.4, -0.2) is 22.8 Å². The fourth-order valence-electron chi connectivity index (χ4n) is 1.91. The van der Waals surface area contributed by atoms with Gasteiger partial charge in [0.1, 0.15) is 5.00 Å². The van der Waals surface area contributed by atoms with Gasteiger partial charge in [-0.15, -0.1) is 11.6 Å². The van der Waals surface area contributed by atoms with E-state index in [-0.39, 0.29) is 0 Å². The van der Waals surface area contributed by atoms with Crippen LogP contribution in [0.2, 0.25) is 0 Å². The topological polar surface area (TPSA) is 16.1 Å². The Kier molecular flexibility index (Phi) is 4.24. The minimum Gasteiger partial charge on any atom is -0.359 e. The van der Waals surface area contributed by atoms with Gasteiger partial charge in [-0.2, -0.15) is 4.37 Å². The maximum Gasteiger partial charge on any atom is 0.120 e. The van der Waals surface area contributed by atoms with E-state index in [1.54, 1.807) is 11.5 Å². The monoisotopic (exact) mass is 268 g/mol. The molecule has 0 unspecified atom stereocenters. The molecule has 2 rings (SSSR count). The zero-order valence-electron chi connectivity index (χ0n) is 10.2. The van der Waals surface area contributed by atoms with Gasteiger partial charge in [0.05, 0.1) is 5.52 Å². The Morgan fingerprint density at radius 1 is 1.35 bits per heavy atom. The van der Waals surface area contributed by atoms with Crippen molar-refractivity contribution in [2.75, 3.05) is 17.3 Å². The predicted octanol–water partition coefficient (Wildman–Crippen LogP) is 4.14. The lowest BCUT2D eigenvalue weighted by molar-refractivity contribution is 0.680. The smallest absolute Gasteiger partial charge is 0.120 e. The van der Waals surface area contributed by atoms with E-state index >= 15 is 0 Å². The van der Waals surface area contributed by atoms with E-state index in [1.807, 2.05) is 6.07 Å². The lowest BCUT2D eigenvalue weighted by Crippen LogP contribution is -2.31. The zero-order chi connectivity index (χ0) is 12.3. The van der Waals surface area contributed by atoms with Gasteiger partial charge in [0.25, 0.3) is 0 Å². The molecule has 0 amide bonds. The first-order valence-corrected chi connectivity index (χ1v) is 7.22. The average molecular weight is 269 g/mol. The van der Waals surface area contributed by atoms with E-state index in [0.29, 0.717) is 11.9 Å². The van der Waals surface area contributed by atoms with Crippen LogP contribution in [0.1, 0.15) is 20.3 Å². The third kappa shape index (κ3) is 2.72. The van der Waals surface area contributed by atoms with Gasteiger partial charge in [-0.05, 0) is 43.9 Å². The molecule has 0 atom stereocenters. The summed E-state index contributed by atoms with van der Waals surface area (Å²) in [6.45, 7) is 5.42. The van der Waals surface area contributed by atoms with E-state index in [2.05, 4.69) is 41.3 Å². The van der Waals surface area contributed by atoms with Crippen molar-refractivity contribution in [3.63, 3.8) is 0 Å². The van der Waals surface area contributed by atoms with Crippen LogP contribution in [0.3, 0.4) is 0 Å². The van der Waals surface area contributed by atoms with Gasteiger partial charge >= 0.3 is 0 Å². The van der Waals surface area contributed by atoms with E-state index < -0.39 is 0 Å². The first-order chi connectivity index (χ1) is 8.24. The van der Waals surface area contributed by atoms with Gasteiger partial charge in [-0.3, -0.25) is 0 Å². The summed E-state index contributed by atoms with van der Waals surface area (Å²) in [6.07, 6.45) is 1.01. The molecule has 1 heterocycles. The van der Waals surface area contributed by atoms with Crippen LogP contribution in [0.25, 0.3) is 10.9 Å². The van der Waals surface area contributed by atoms with Gasteiger partial charge in [0, 0.05) is 23.9 Å². The molecule has 0 bridgehead atoms. The summed E-state index contributed by atoms with van der Waals surface area (Å²) in [5.74, 6) is 0.708. The Hall–Kier alpha value is -0.800. The standard InChI is InChI=1S/C13H17ClN2S/c1-10(2)16(9-5-8-14)13-11-6-3-4-7-12(11)15-17-13/h3-4,6-7,10H,5,8-9H2,1-2H3. The molecular formula is C13H17ClN2S. The summed E-state index contributed by atoms with van der Waals surface area (Å²) in [4.78, 5) is 2.39. The van der Waals surface area contributed by atoms with E-state index in [4.69, 9.17) is 11.6 Å². The number of hydrogen-bond acceptors (Lipinski definition) is 3. The van der Waals surface area contributed by atoms with Crippen molar-refractivity contribution in [1.82, 2.24) is 4.37 Å². The van der Waals surface area contributed by atoms with Crippen LogP contribution in [0.4, 0.5) is 5.00 Å². The number of fused-ring (bicyclic) bond motifs is 1. The number of alkyl halides is 1. The van der Waals surface area contributed by atoms with Crippen molar-refractivity contribution in [2.45, 2.75) is 26.3 Å². The normalized spacial score (nSPS) is 11.3. The Labute approximate surface area is 111 Å². The third-order valence-corrected chi connectivity index (χ3v) is 3.96. The Bertz CT molecular complexity index is 481. The molecule has 4 heteroatoms. The van der Waals surface area contributed by atoms with Crippen LogP contribution < -0.4 is 4.90 Å². The van der Waals surface area contributed by atoms with E-state index in [0.717, 1.165) is 18.5 Å². The number of rotatable bonds is 5. The molecule has 0 fully saturated rings. The quantitative estimate of drug-likeness (QED) is 0.758. The number of halogens is 1. The fourth-order valence-corrected chi connectivity index (χ4v) is 3.05. The van der Waals surface area contributed by atoms with Gasteiger partial charge in [0.15, 0.2) is 0 Å². The van der Waals surface area contributed by atoms with Crippen molar-refractivity contribution < 1.29 is 0 Å². The molecule has 92 valence electrons. The number of aromatic nitrogens is 1. The molecule has 1 aromatic heterocycles. The second kappa shape index (κ2) is 5.69. The summed E-state index contributed by atoms with van der Waals surface area (Å²) < 4.78 is 4.50. The molecular weight excluding hydrogens is 252 g/mol. The van der Waals surface area contributed by atoms with E-state index in [9.17, 15) is 0 Å². The first-order valence-electron chi connectivity index (χ1n) is 5.91.